The van der Waals surface area contributed by atoms with Gasteiger partial charge in [-0.15, -0.1) is 0 Å². The number of allylic oxidation sites excluding steroid dienone is 1. The number of nitriles is 1. The van der Waals surface area contributed by atoms with Crippen LogP contribution in [0.25, 0.3) is 11.3 Å². The molecule has 26 heavy (non-hydrogen) atoms. The first kappa shape index (κ1) is 16.1. The molecule has 1 aromatic heterocycles. The minimum Gasteiger partial charge on any atom is -0.460 e. The second-order valence-electron chi connectivity index (χ2n) is 5.90. The molecule has 4 N–H and O–H groups in total. The Kier molecular flexibility index (Phi) is 3.83. The van der Waals surface area contributed by atoms with Gasteiger partial charge in [0.1, 0.15) is 28.9 Å². The largest absolute Gasteiger partial charge is 0.460 e. The summed E-state index contributed by atoms with van der Waals surface area (Å²) >= 11 is 6.26. The van der Waals surface area contributed by atoms with Gasteiger partial charge in [-0.05, 0) is 30.3 Å². The summed E-state index contributed by atoms with van der Waals surface area (Å²) in [4.78, 5) is 0. The second kappa shape index (κ2) is 6.17. The molecule has 3 aromatic rings. The van der Waals surface area contributed by atoms with E-state index in [9.17, 15) is 5.26 Å². The van der Waals surface area contributed by atoms with E-state index in [4.69, 9.17) is 32.2 Å². The number of furan rings is 1. The monoisotopic (exact) mass is 363 g/mol. The van der Waals surface area contributed by atoms with E-state index in [-0.39, 0.29) is 5.88 Å². The fourth-order valence-electron chi connectivity index (χ4n) is 3.08. The number of rotatable bonds is 2. The van der Waals surface area contributed by atoms with Gasteiger partial charge >= 0.3 is 0 Å². The Balaban J connectivity index is 1.85. The van der Waals surface area contributed by atoms with E-state index in [0.717, 1.165) is 11.1 Å². The van der Waals surface area contributed by atoms with Gasteiger partial charge in [0.05, 0.1) is 10.9 Å². The van der Waals surface area contributed by atoms with E-state index in [1.807, 2.05) is 36.4 Å². The quantitative estimate of drug-likeness (QED) is 0.657. The number of halogens is 1. The topological polar surface area (TPSA) is 98.2 Å². The normalized spacial score (nSPS) is 15.9. The van der Waals surface area contributed by atoms with Crippen LogP contribution < -0.4 is 16.2 Å². The molecule has 1 atom stereocenters. The van der Waals surface area contributed by atoms with Gasteiger partial charge in [-0.2, -0.15) is 5.26 Å². The van der Waals surface area contributed by atoms with E-state index < -0.39 is 5.92 Å². The molecular weight excluding hydrogens is 350 g/mol. The lowest BCUT2D eigenvalue weighted by molar-refractivity contribution is 0.385. The highest BCUT2D eigenvalue weighted by Gasteiger charge is 2.33. The fourth-order valence-corrected chi connectivity index (χ4v) is 3.31. The third kappa shape index (κ3) is 2.57. The summed E-state index contributed by atoms with van der Waals surface area (Å²) in [5.41, 5.74) is 14.2. The molecule has 0 saturated heterocycles. The Bertz CT molecular complexity index is 1080. The van der Waals surface area contributed by atoms with Crippen LogP contribution in [0.5, 0.6) is 5.75 Å². The molecule has 1 aliphatic heterocycles. The number of anilines is 1. The number of fused-ring (bicyclic) bond motifs is 1. The van der Waals surface area contributed by atoms with E-state index in [1.165, 1.54) is 0 Å². The first-order chi connectivity index (χ1) is 12.6. The Morgan fingerprint density at radius 3 is 2.62 bits per heavy atom. The molecule has 1 unspecified atom stereocenters. The third-order valence-electron chi connectivity index (χ3n) is 4.29. The number of nitrogen functional groups attached to an aromatic ring is 1. The molecule has 1 aliphatic rings. The zero-order chi connectivity index (χ0) is 18.3. The number of hydrogen-bond donors (Lipinski definition) is 2. The van der Waals surface area contributed by atoms with Crippen molar-refractivity contribution in [1.82, 2.24) is 0 Å². The van der Waals surface area contributed by atoms with Crippen LogP contribution in [0.4, 0.5) is 5.69 Å². The van der Waals surface area contributed by atoms with Gasteiger partial charge in [-0.3, -0.25) is 0 Å². The maximum atomic E-state index is 9.59. The molecule has 0 radical (unpaired) electrons. The van der Waals surface area contributed by atoms with Crippen molar-refractivity contribution >= 4 is 17.3 Å². The van der Waals surface area contributed by atoms with Gasteiger partial charge in [0.25, 0.3) is 0 Å². The van der Waals surface area contributed by atoms with Crippen LogP contribution in [-0.2, 0) is 0 Å². The summed E-state index contributed by atoms with van der Waals surface area (Å²) in [5.74, 6) is 1.28. The number of ether oxygens (including phenoxy) is 1. The van der Waals surface area contributed by atoms with Crippen molar-refractivity contribution in [2.24, 2.45) is 5.73 Å². The van der Waals surface area contributed by atoms with Gasteiger partial charge in [0.2, 0.25) is 5.88 Å². The zero-order valence-corrected chi connectivity index (χ0v) is 14.3. The Morgan fingerprint density at radius 1 is 1.04 bits per heavy atom. The summed E-state index contributed by atoms with van der Waals surface area (Å²) in [6.07, 6.45) is 0. The third-order valence-corrected chi connectivity index (χ3v) is 4.62. The molecule has 0 amide bonds. The molecule has 0 bridgehead atoms. The summed E-state index contributed by atoms with van der Waals surface area (Å²) < 4.78 is 11.6. The molecule has 2 heterocycles. The van der Waals surface area contributed by atoms with Crippen LogP contribution in [0, 0.1) is 11.3 Å². The van der Waals surface area contributed by atoms with Crippen molar-refractivity contribution in [3.05, 3.63) is 82.4 Å². The van der Waals surface area contributed by atoms with Crippen LogP contribution in [0.15, 0.2) is 70.5 Å². The van der Waals surface area contributed by atoms with Crippen molar-refractivity contribution in [2.45, 2.75) is 5.92 Å². The maximum Gasteiger partial charge on any atom is 0.205 e. The van der Waals surface area contributed by atoms with Crippen LogP contribution in [-0.4, -0.2) is 0 Å². The number of hydrogen-bond acceptors (Lipinski definition) is 5. The van der Waals surface area contributed by atoms with Crippen molar-refractivity contribution in [1.29, 1.82) is 5.26 Å². The average Bonchev–Trinajstić information content (AvgIpc) is 3.10. The molecule has 4 rings (SSSR count). The standard InChI is InChI=1S/C20H14ClN3O2/c21-15-4-2-1-3-12(15)16-7-8-17(25-16)19-13-6-5-11(23)9-18(13)26-20(24)14(19)10-22/h1-9,19H,23-24H2. The molecular formula is C20H14ClN3O2. The summed E-state index contributed by atoms with van der Waals surface area (Å²) in [7, 11) is 0. The predicted octanol–water partition coefficient (Wildman–Crippen LogP) is 4.40. The summed E-state index contributed by atoms with van der Waals surface area (Å²) in [6.45, 7) is 0. The number of nitrogens with two attached hydrogens (primary N) is 2. The Labute approximate surface area is 155 Å². The van der Waals surface area contributed by atoms with E-state index in [0.29, 0.717) is 33.6 Å². The van der Waals surface area contributed by atoms with Crippen LogP contribution >= 0.6 is 11.6 Å². The SMILES string of the molecule is N#CC1=C(N)Oc2cc(N)ccc2C1c1ccc(-c2ccccc2Cl)o1. The first-order valence-corrected chi connectivity index (χ1v) is 8.28. The van der Waals surface area contributed by atoms with Crippen molar-refractivity contribution in [3.8, 4) is 23.1 Å². The van der Waals surface area contributed by atoms with Gasteiger partial charge in [-0.25, -0.2) is 0 Å². The number of benzene rings is 2. The molecule has 128 valence electrons. The van der Waals surface area contributed by atoms with Crippen molar-refractivity contribution in [2.75, 3.05) is 5.73 Å². The van der Waals surface area contributed by atoms with Crippen LogP contribution in [0.2, 0.25) is 5.02 Å². The minimum atomic E-state index is -0.472. The molecule has 0 saturated carbocycles. The smallest absolute Gasteiger partial charge is 0.205 e. The Hall–Kier alpha value is -3.36. The highest BCUT2D eigenvalue weighted by atomic mass is 35.5. The number of nitrogens with zero attached hydrogens (tertiary/aromatic N) is 1. The Morgan fingerprint density at radius 2 is 1.85 bits per heavy atom. The highest BCUT2D eigenvalue weighted by Crippen LogP contribution is 2.44. The molecule has 0 fully saturated rings. The average molecular weight is 364 g/mol. The lowest BCUT2D eigenvalue weighted by Gasteiger charge is -2.24. The lowest BCUT2D eigenvalue weighted by Crippen LogP contribution is -2.20. The fraction of sp³-hybridized carbons (Fsp3) is 0.0500. The molecule has 6 heteroatoms. The summed E-state index contributed by atoms with van der Waals surface area (Å²) in [6, 6.07) is 18.4. The molecule has 0 aliphatic carbocycles. The second-order valence-corrected chi connectivity index (χ2v) is 6.31. The predicted molar refractivity (Wildman–Crippen MR) is 99.3 cm³/mol. The molecule has 5 nitrogen and oxygen atoms in total. The molecule has 0 spiro atoms. The van der Waals surface area contributed by atoms with E-state index in [2.05, 4.69) is 6.07 Å². The van der Waals surface area contributed by atoms with Crippen molar-refractivity contribution < 1.29 is 9.15 Å². The highest BCUT2D eigenvalue weighted by molar-refractivity contribution is 6.33. The molecule has 2 aromatic carbocycles. The van der Waals surface area contributed by atoms with Crippen LogP contribution in [0.1, 0.15) is 17.2 Å². The van der Waals surface area contributed by atoms with Crippen LogP contribution in [0.3, 0.4) is 0 Å². The van der Waals surface area contributed by atoms with Gasteiger partial charge < -0.3 is 20.6 Å². The zero-order valence-electron chi connectivity index (χ0n) is 13.6. The first-order valence-electron chi connectivity index (χ1n) is 7.90. The minimum absolute atomic E-state index is 0.0475. The van der Waals surface area contributed by atoms with E-state index in [1.54, 1.807) is 18.2 Å². The van der Waals surface area contributed by atoms with Gasteiger partial charge in [0.15, 0.2) is 0 Å². The van der Waals surface area contributed by atoms with Gasteiger partial charge in [0, 0.05) is 22.9 Å². The summed E-state index contributed by atoms with van der Waals surface area (Å²) in [5, 5.41) is 10.2. The van der Waals surface area contributed by atoms with E-state index >= 15 is 0 Å². The van der Waals surface area contributed by atoms with Gasteiger partial charge in [-0.1, -0.05) is 29.8 Å². The maximum absolute atomic E-state index is 9.59. The lowest BCUT2D eigenvalue weighted by atomic mass is 9.87. The van der Waals surface area contributed by atoms with Crippen molar-refractivity contribution in [3.63, 3.8) is 0 Å².